The number of benzene rings is 2. The first-order chi connectivity index (χ1) is 12.0. The zero-order chi connectivity index (χ0) is 20.2. The van der Waals surface area contributed by atoms with Gasteiger partial charge in [-0.1, -0.05) is 69.6 Å². The number of aromatic hydroxyl groups is 1. The molecular weight excluding hydrogens is 469 g/mol. The van der Waals surface area contributed by atoms with Gasteiger partial charge in [-0.15, -0.1) is 0 Å². The molecule has 26 heavy (non-hydrogen) atoms. The van der Waals surface area contributed by atoms with E-state index >= 15 is 0 Å². The molecule has 1 atom stereocenters. The molecule has 2 N–H and O–H groups in total. The Balaban J connectivity index is 0.000000263. The zero-order valence-corrected chi connectivity index (χ0v) is 17.8. The van der Waals surface area contributed by atoms with E-state index < -0.39 is 12.1 Å². The smallest absolute Gasteiger partial charge is 0.344 e. The van der Waals surface area contributed by atoms with E-state index in [4.69, 9.17) is 79.4 Å². The van der Waals surface area contributed by atoms with Crippen LogP contribution in [0.3, 0.4) is 0 Å². The van der Waals surface area contributed by atoms with Gasteiger partial charge in [0.2, 0.25) is 0 Å². The lowest BCUT2D eigenvalue weighted by Gasteiger charge is -2.12. The first-order valence-electron chi connectivity index (χ1n) is 6.83. The number of ether oxygens (including phenoxy) is 1. The minimum Gasteiger partial charge on any atom is -0.505 e. The molecule has 4 nitrogen and oxygen atoms in total. The summed E-state index contributed by atoms with van der Waals surface area (Å²) in [5, 5.41) is 18.3. The van der Waals surface area contributed by atoms with Crippen LogP contribution in [0, 0.1) is 6.92 Å². The van der Waals surface area contributed by atoms with Gasteiger partial charge in [0.05, 0.1) is 15.1 Å². The second kappa shape index (κ2) is 9.98. The van der Waals surface area contributed by atoms with Crippen molar-refractivity contribution in [2.75, 3.05) is 0 Å². The molecule has 0 radical (unpaired) electrons. The molecule has 0 spiro atoms. The summed E-state index contributed by atoms with van der Waals surface area (Å²) >= 11 is 33.6. The summed E-state index contributed by atoms with van der Waals surface area (Å²) in [5.74, 6) is -0.804. The molecule has 2 aromatic carbocycles. The number of carboxylic acid groups (broad SMARTS) is 1. The SMILES string of the molecule is Cc1cc(Cl)ccc1O[C@H](C)C(=O)O.Oc1c(Cl)c(Cl)c(Cl)c(Cl)c1Cl. The van der Waals surface area contributed by atoms with Crippen molar-refractivity contribution >= 4 is 75.6 Å². The van der Waals surface area contributed by atoms with Gasteiger partial charge in [-0.3, -0.25) is 0 Å². The number of carboxylic acids is 1. The second-order valence-corrected chi connectivity index (χ2v) is 7.25. The molecule has 0 aliphatic rings. The summed E-state index contributed by atoms with van der Waals surface area (Å²) in [6.07, 6.45) is -0.852. The number of hydrogen-bond donors (Lipinski definition) is 2. The maximum absolute atomic E-state index is 10.5. The fourth-order valence-corrected chi connectivity index (χ4v) is 2.93. The van der Waals surface area contributed by atoms with Crippen molar-refractivity contribution in [1.82, 2.24) is 0 Å². The third kappa shape index (κ3) is 5.88. The Morgan fingerprint density at radius 1 is 0.962 bits per heavy atom. The van der Waals surface area contributed by atoms with Crippen molar-refractivity contribution in [3.63, 3.8) is 0 Å². The van der Waals surface area contributed by atoms with E-state index in [1.165, 1.54) is 6.92 Å². The number of rotatable bonds is 3. The molecule has 0 bridgehead atoms. The minimum atomic E-state index is -0.987. The Hall–Kier alpha value is -0.750. The lowest BCUT2D eigenvalue weighted by atomic mass is 10.2. The predicted molar refractivity (Wildman–Crippen MR) is 107 cm³/mol. The van der Waals surface area contributed by atoms with E-state index in [0.717, 1.165) is 5.56 Å². The van der Waals surface area contributed by atoms with E-state index in [9.17, 15) is 9.90 Å². The van der Waals surface area contributed by atoms with Crippen LogP contribution in [-0.2, 0) is 4.79 Å². The highest BCUT2D eigenvalue weighted by atomic mass is 35.5. The van der Waals surface area contributed by atoms with Crippen LogP contribution in [0.4, 0.5) is 0 Å². The van der Waals surface area contributed by atoms with Gasteiger partial charge in [0, 0.05) is 5.02 Å². The summed E-state index contributed by atoms with van der Waals surface area (Å²) in [6, 6.07) is 5.06. The molecular formula is C16H12Cl6O4. The van der Waals surface area contributed by atoms with Crippen LogP contribution in [0.25, 0.3) is 0 Å². The molecule has 0 heterocycles. The van der Waals surface area contributed by atoms with Crippen LogP contribution in [0.2, 0.25) is 30.1 Å². The summed E-state index contributed by atoms with van der Waals surface area (Å²) < 4.78 is 5.20. The fourth-order valence-electron chi connectivity index (χ4n) is 1.58. The number of phenolic OH excluding ortho intramolecular Hbond substituents is 1. The van der Waals surface area contributed by atoms with E-state index in [0.29, 0.717) is 10.8 Å². The Morgan fingerprint density at radius 2 is 1.42 bits per heavy atom. The number of aryl methyl sites for hydroxylation is 1. The standard InChI is InChI=1S/C10H11ClO3.C6HCl5O/c1-6-5-8(11)3-4-9(6)14-7(2)10(12)13;7-1-2(8)4(10)6(12)5(11)3(1)9/h3-5,7H,1-2H3,(H,12,13);12H/t7-;/m1./s1. The zero-order valence-electron chi connectivity index (χ0n) is 13.3. The molecule has 0 aliphatic carbocycles. The van der Waals surface area contributed by atoms with Gasteiger partial charge >= 0.3 is 5.97 Å². The highest BCUT2D eigenvalue weighted by Crippen LogP contribution is 2.47. The third-order valence-electron chi connectivity index (χ3n) is 2.98. The molecule has 0 saturated carbocycles. The summed E-state index contributed by atoms with van der Waals surface area (Å²) in [4.78, 5) is 10.5. The van der Waals surface area contributed by atoms with Crippen LogP contribution in [-0.4, -0.2) is 22.3 Å². The molecule has 0 unspecified atom stereocenters. The van der Waals surface area contributed by atoms with Gasteiger partial charge in [0.15, 0.2) is 11.9 Å². The number of carbonyl (C=O) groups is 1. The average molecular weight is 481 g/mol. The number of halogens is 6. The van der Waals surface area contributed by atoms with Crippen molar-refractivity contribution in [3.8, 4) is 11.5 Å². The van der Waals surface area contributed by atoms with Crippen LogP contribution < -0.4 is 4.74 Å². The Labute approximate surface area is 180 Å². The topological polar surface area (TPSA) is 66.8 Å². The Bertz CT molecular complexity index is 720. The first-order valence-corrected chi connectivity index (χ1v) is 9.10. The number of hydrogen-bond acceptors (Lipinski definition) is 3. The van der Waals surface area contributed by atoms with Crippen LogP contribution >= 0.6 is 69.6 Å². The summed E-state index contributed by atoms with van der Waals surface area (Å²) in [7, 11) is 0. The highest BCUT2D eigenvalue weighted by molar-refractivity contribution is 6.55. The Morgan fingerprint density at radius 3 is 1.85 bits per heavy atom. The lowest BCUT2D eigenvalue weighted by molar-refractivity contribution is -0.144. The molecule has 142 valence electrons. The number of aliphatic carboxylic acids is 1. The highest BCUT2D eigenvalue weighted by Gasteiger charge is 2.18. The van der Waals surface area contributed by atoms with Gasteiger partial charge in [-0.2, -0.15) is 0 Å². The fraction of sp³-hybridized carbons (Fsp3) is 0.188. The van der Waals surface area contributed by atoms with Gasteiger partial charge in [0.25, 0.3) is 0 Å². The van der Waals surface area contributed by atoms with E-state index in [2.05, 4.69) is 0 Å². The van der Waals surface area contributed by atoms with Crippen molar-refractivity contribution in [1.29, 1.82) is 0 Å². The van der Waals surface area contributed by atoms with Gasteiger partial charge in [-0.25, -0.2) is 4.79 Å². The van der Waals surface area contributed by atoms with Crippen molar-refractivity contribution in [2.45, 2.75) is 20.0 Å². The quantitative estimate of drug-likeness (QED) is 0.361. The monoisotopic (exact) mass is 478 g/mol. The molecule has 0 amide bonds. The van der Waals surface area contributed by atoms with Crippen LogP contribution in [0.15, 0.2) is 18.2 Å². The molecule has 0 aromatic heterocycles. The van der Waals surface area contributed by atoms with Crippen LogP contribution in [0.1, 0.15) is 12.5 Å². The largest absolute Gasteiger partial charge is 0.505 e. The Kier molecular flexibility index (Phi) is 8.94. The summed E-state index contributed by atoms with van der Waals surface area (Å²) in [6.45, 7) is 3.30. The maximum Gasteiger partial charge on any atom is 0.344 e. The molecule has 0 saturated heterocycles. The van der Waals surface area contributed by atoms with Gasteiger partial charge in [0.1, 0.15) is 15.8 Å². The van der Waals surface area contributed by atoms with Crippen molar-refractivity contribution in [2.24, 2.45) is 0 Å². The number of phenols is 1. The third-order valence-corrected chi connectivity index (χ3v) is 5.47. The van der Waals surface area contributed by atoms with E-state index in [-0.39, 0.29) is 30.9 Å². The van der Waals surface area contributed by atoms with Crippen molar-refractivity contribution in [3.05, 3.63) is 53.9 Å². The molecule has 0 aliphatic heterocycles. The van der Waals surface area contributed by atoms with E-state index in [1.54, 1.807) is 18.2 Å². The molecule has 2 rings (SSSR count). The average Bonchev–Trinajstić information content (AvgIpc) is 2.59. The minimum absolute atomic E-state index is 0.00904. The van der Waals surface area contributed by atoms with Crippen molar-refractivity contribution < 1.29 is 19.7 Å². The molecule has 0 fully saturated rings. The molecule has 2 aromatic rings. The van der Waals surface area contributed by atoms with E-state index in [1.807, 2.05) is 6.92 Å². The second-order valence-electron chi connectivity index (χ2n) is 4.93. The normalized spacial score (nSPS) is 11.4. The van der Waals surface area contributed by atoms with Gasteiger partial charge in [-0.05, 0) is 37.6 Å². The first kappa shape index (κ1) is 23.3. The lowest BCUT2D eigenvalue weighted by Crippen LogP contribution is -2.23. The van der Waals surface area contributed by atoms with Gasteiger partial charge < -0.3 is 14.9 Å². The summed E-state index contributed by atoms with van der Waals surface area (Å²) in [5.41, 5.74) is 0.825. The van der Waals surface area contributed by atoms with Crippen LogP contribution in [0.5, 0.6) is 11.5 Å². The predicted octanol–water partition coefficient (Wildman–Crippen LogP) is 7.16. The maximum atomic E-state index is 10.5. The molecule has 10 heteroatoms.